The molecule has 5 rings (SSSR count). The van der Waals surface area contributed by atoms with E-state index >= 15 is 0 Å². The number of hydrogen-bond donors (Lipinski definition) is 4. The molecule has 3 aliphatic heterocycles. The van der Waals surface area contributed by atoms with E-state index in [0.717, 1.165) is 56.4 Å². The maximum Gasteiger partial charge on any atom is 0.246 e. The average Bonchev–Trinajstić information content (AvgIpc) is 3.40. The molecule has 43 heavy (non-hydrogen) atoms. The number of para-hydroxylation sites is 1. The summed E-state index contributed by atoms with van der Waals surface area (Å²) in [6, 6.07) is 5.29. The molecule has 236 valence electrons. The lowest BCUT2D eigenvalue weighted by Gasteiger charge is -2.45. The molecule has 3 amide bonds. The molecule has 0 unspecified atom stereocenters. The maximum atomic E-state index is 14.6. The fraction of sp³-hybridized carbons (Fsp3) is 0.677. The lowest BCUT2D eigenvalue weighted by atomic mass is 9.82. The van der Waals surface area contributed by atoms with Crippen LogP contribution in [0, 0.1) is 5.92 Å². The van der Waals surface area contributed by atoms with Gasteiger partial charge in [0.15, 0.2) is 5.96 Å². The van der Waals surface area contributed by atoms with E-state index in [0.29, 0.717) is 32.7 Å². The van der Waals surface area contributed by atoms with Crippen molar-refractivity contribution >= 4 is 23.7 Å². The minimum absolute atomic E-state index is 0.0273. The lowest BCUT2D eigenvalue weighted by Crippen LogP contribution is -2.66. The molecule has 0 spiro atoms. The number of carbonyl (C=O) groups is 3. The summed E-state index contributed by atoms with van der Waals surface area (Å²) >= 11 is 0. The van der Waals surface area contributed by atoms with E-state index in [-0.39, 0.29) is 41.9 Å². The highest BCUT2D eigenvalue weighted by Gasteiger charge is 2.47. The number of rotatable bonds is 9. The summed E-state index contributed by atoms with van der Waals surface area (Å²) in [7, 11) is 0. The quantitative estimate of drug-likeness (QED) is 0.242. The smallest absolute Gasteiger partial charge is 0.246 e. The zero-order valence-corrected chi connectivity index (χ0v) is 25.4. The van der Waals surface area contributed by atoms with Crippen LogP contribution in [0.5, 0.6) is 5.75 Å². The van der Waals surface area contributed by atoms with Gasteiger partial charge < -0.3 is 36.5 Å². The molecular weight excluding hydrogens is 550 g/mol. The zero-order chi connectivity index (χ0) is 30.5. The molecule has 2 saturated heterocycles. The predicted octanol–water partition coefficient (Wildman–Crippen LogP) is 1.04. The van der Waals surface area contributed by atoms with Crippen molar-refractivity contribution in [3.8, 4) is 5.75 Å². The van der Waals surface area contributed by atoms with Crippen molar-refractivity contribution < 1.29 is 23.9 Å². The van der Waals surface area contributed by atoms with Gasteiger partial charge >= 0.3 is 0 Å². The van der Waals surface area contributed by atoms with Crippen molar-refractivity contribution in [2.24, 2.45) is 22.4 Å². The van der Waals surface area contributed by atoms with Gasteiger partial charge in [0.2, 0.25) is 17.7 Å². The Morgan fingerprint density at radius 3 is 2.60 bits per heavy atom. The number of guanidine groups is 1. The third-order valence-electron chi connectivity index (χ3n) is 9.35. The molecule has 4 aliphatic rings. The van der Waals surface area contributed by atoms with Crippen molar-refractivity contribution in [2.45, 2.75) is 95.1 Å². The van der Waals surface area contributed by atoms with Gasteiger partial charge in [-0.15, -0.1) is 0 Å². The van der Waals surface area contributed by atoms with Crippen LogP contribution < -0.4 is 26.8 Å². The topological polar surface area (TPSA) is 165 Å². The first-order chi connectivity index (χ1) is 20.7. The SMILES string of the molecule is CCO[C@@H]1C[C@@H]2CN(C(=O)[C@@H](NC(=O)[C@H](C)N=C(N)N)C3CCCCC3)[C@H](C(=O)N[C@@H]3CCOc4ccccc43)CN2C1. The van der Waals surface area contributed by atoms with Crippen LogP contribution in [0.3, 0.4) is 0 Å². The van der Waals surface area contributed by atoms with Crippen molar-refractivity contribution in [1.29, 1.82) is 0 Å². The van der Waals surface area contributed by atoms with Crippen molar-refractivity contribution in [2.75, 3.05) is 32.8 Å². The summed E-state index contributed by atoms with van der Waals surface area (Å²) in [6.45, 7) is 6.23. The molecule has 1 aromatic rings. The number of amides is 3. The van der Waals surface area contributed by atoms with Crippen molar-refractivity contribution in [3.05, 3.63) is 29.8 Å². The first-order valence-electron chi connectivity index (χ1n) is 15.8. The second-order valence-corrected chi connectivity index (χ2v) is 12.3. The Kier molecular flexibility index (Phi) is 10.1. The summed E-state index contributed by atoms with van der Waals surface area (Å²) < 4.78 is 11.8. The minimum Gasteiger partial charge on any atom is -0.493 e. The number of nitrogens with two attached hydrogens (primary N) is 2. The van der Waals surface area contributed by atoms with Crippen LogP contribution in [-0.2, 0) is 19.1 Å². The van der Waals surface area contributed by atoms with Crippen molar-refractivity contribution in [3.63, 3.8) is 0 Å². The number of benzene rings is 1. The Balaban J connectivity index is 1.41. The number of ether oxygens (including phenoxy) is 2. The molecule has 3 heterocycles. The molecule has 1 aromatic carbocycles. The molecule has 1 aliphatic carbocycles. The molecule has 1 saturated carbocycles. The van der Waals surface area contributed by atoms with Gasteiger partial charge in [0, 0.05) is 44.3 Å². The van der Waals surface area contributed by atoms with Crippen molar-refractivity contribution in [1.82, 2.24) is 20.4 Å². The van der Waals surface area contributed by atoms with Gasteiger partial charge in [-0.2, -0.15) is 0 Å². The van der Waals surface area contributed by atoms with Gasteiger partial charge in [-0.25, -0.2) is 4.99 Å². The molecule has 0 aromatic heterocycles. The van der Waals surface area contributed by atoms with Crippen LogP contribution in [0.15, 0.2) is 29.3 Å². The van der Waals surface area contributed by atoms with E-state index in [1.165, 1.54) is 0 Å². The number of hydrogen-bond acceptors (Lipinski definition) is 7. The number of nitrogens with zero attached hydrogens (tertiary/aromatic N) is 3. The fourth-order valence-electron chi connectivity index (χ4n) is 7.19. The van der Waals surface area contributed by atoms with E-state index in [1.807, 2.05) is 31.2 Å². The predicted molar refractivity (Wildman–Crippen MR) is 162 cm³/mol. The summed E-state index contributed by atoms with van der Waals surface area (Å²) in [5.74, 6) is -0.269. The molecule has 3 fully saturated rings. The monoisotopic (exact) mass is 597 g/mol. The standard InChI is InChI=1S/C31H47N7O5/c1-3-42-22-15-21-16-38(30(41)27(20-9-5-4-6-10-20)36-28(39)19(2)34-31(32)33)25(18-37(21)17-22)29(40)35-24-13-14-43-26-12-8-7-11-23(24)26/h7-8,11-12,19-22,24-25,27H,3-6,9-10,13-18H2,1-2H3,(H,35,40)(H,36,39)(H4,32,33,34)/t19-,21+,22+,24+,25-,27-/m0/s1. The summed E-state index contributed by atoms with van der Waals surface area (Å²) in [5.41, 5.74) is 12.0. The van der Waals surface area contributed by atoms with Gasteiger partial charge in [-0.1, -0.05) is 37.5 Å². The van der Waals surface area contributed by atoms with Crippen LogP contribution in [-0.4, -0.2) is 96.6 Å². The van der Waals surface area contributed by atoms with E-state index in [1.54, 1.807) is 11.8 Å². The molecular formula is C31H47N7O5. The van der Waals surface area contributed by atoms with E-state index in [9.17, 15) is 14.4 Å². The number of carbonyl (C=O) groups excluding carboxylic acids is 3. The van der Waals surface area contributed by atoms with Crippen LogP contribution >= 0.6 is 0 Å². The zero-order valence-electron chi connectivity index (χ0n) is 25.4. The Hall–Kier alpha value is -3.38. The molecule has 0 bridgehead atoms. The Bertz CT molecular complexity index is 1180. The lowest BCUT2D eigenvalue weighted by molar-refractivity contribution is -0.149. The van der Waals surface area contributed by atoms with Gasteiger partial charge in [0.05, 0.1) is 18.8 Å². The summed E-state index contributed by atoms with van der Waals surface area (Å²) in [4.78, 5) is 49.8. The second kappa shape index (κ2) is 13.9. The molecule has 12 nitrogen and oxygen atoms in total. The van der Waals surface area contributed by atoms with Crippen LogP contribution in [0.4, 0.5) is 0 Å². The first-order valence-corrected chi connectivity index (χ1v) is 15.8. The molecule has 6 atom stereocenters. The summed E-state index contributed by atoms with van der Waals surface area (Å²) in [6.07, 6.45) is 6.25. The van der Waals surface area contributed by atoms with Crippen LogP contribution in [0.1, 0.15) is 70.4 Å². The highest BCUT2D eigenvalue weighted by molar-refractivity contribution is 5.94. The molecule has 12 heteroatoms. The number of piperazine rings is 1. The van der Waals surface area contributed by atoms with Crippen LogP contribution in [0.25, 0.3) is 0 Å². The largest absolute Gasteiger partial charge is 0.493 e. The Labute approximate surface area is 253 Å². The first kappa shape index (κ1) is 31.1. The van der Waals surface area contributed by atoms with Gasteiger partial charge in [0.25, 0.3) is 0 Å². The van der Waals surface area contributed by atoms with Gasteiger partial charge in [-0.3, -0.25) is 19.3 Å². The fourth-order valence-corrected chi connectivity index (χ4v) is 7.19. The van der Waals surface area contributed by atoms with E-state index < -0.39 is 24.0 Å². The van der Waals surface area contributed by atoms with Crippen LogP contribution in [0.2, 0.25) is 0 Å². The number of aliphatic imine (C=N–C) groups is 1. The third-order valence-corrected chi connectivity index (χ3v) is 9.35. The highest BCUT2D eigenvalue weighted by Crippen LogP contribution is 2.34. The average molecular weight is 598 g/mol. The molecule has 0 radical (unpaired) electrons. The Morgan fingerprint density at radius 1 is 1.09 bits per heavy atom. The number of fused-ring (bicyclic) bond motifs is 2. The third kappa shape index (κ3) is 7.23. The van der Waals surface area contributed by atoms with E-state index in [2.05, 4.69) is 20.5 Å². The highest BCUT2D eigenvalue weighted by atomic mass is 16.5. The second-order valence-electron chi connectivity index (χ2n) is 12.3. The minimum atomic E-state index is -0.838. The molecule has 6 N–H and O–H groups in total. The number of nitrogens with one attached hydrogen (secondary N) is 2. The van der Waals surface area contributed by atoms with E-state index in [4.69, 9.17) is 20.9 Å². The van der Waals surface area contributed by atoms with Gasteiger partial charge in [0.1, 0.15) is 23.9 Å². The normalized spacial score (nSPS) is 27.2. The maximum absolute atomic E-state index is 14.6. The summed E-state index contributed by atoms with van der Waals surface area (Å²) in [5, 5.41) is 6.24. The van der Waals surface area contributed by atoms with Gasteiger partial charge in [-0.05, 0) is 45.1 Å². The Morgan fingerprint density at radius 2 is 1.86 bits per heavy atom.